The quantitative estimate of drug-likeness (QED) is 0.0488. The number of hydrogen-bond acceptors (Lipinski definition) is 13. The van der Waals surface area contributed by atoms with Gasteiger partial charge in [-0.1, -0.05) is 13.8 Å². The Kier molecular flexibility index (Phi) is 20.6. The molecule has 350 valence electrons. The van der Waals surface area contributed by atoms with Gasteiger partial charge in [0.15, 0.2) is 0 Å². The second-order valence-corrected chi connectivity index (χ2v) is 15.6. The number of imidazole rings is 1. The van der Waals surface area contributed by atoms with Crippen molar-refractivity contribution >= 4 is 65.0 Å². The SMILES string of the molecule is CC(C)[C@H](NC(=O)[C@H](C)NC(=O)CNC(=O)[C@H](C)NC(=O)[C@H](C)NC(=O)[C@H](C)NC(=O)[C@H](C)NC(=O)CNC(=O)[C@H](C)NC(=O)[C@@H]1CCCN1C(=O)[C@@H](N)Cc1cnc[nH]1)C(N)=O. The summed E-state index contributed by atoms with van der Waals surface area (Å²) in [6.07, 6.45) is 4.15. The normalized spacial score (nSPS) is 17.2. The Morgan fingerprint density at radius 3 is 1.51 bits per heavy atom. The molecule has 14 N–H and O–H groups in total. The van der Waals surface area contributed by atoms with Crippen molar-refractivity contribution in [3.63, 3.8) is 0 Å². The first-order valence-corrected chi connectivity index (χ1v) is 20.4. The van der Waals surface area contributed by atoms with E-state index in [2.05, 4.69) is 57.8 Å². The number of hydrogen-bond donors (Lipinski definition) is 12. The molecule has 1 saturated heterocycles. The van der Waals surface area contributed by atoms with Crippen LogP contribution in [-0.2, 0) is 59.2 Å². The summed E-state index contributed by atoms with van der Waals surface area (Å²) in [4.78, 5) is 146. The number of nitrogens with one attached hydrogen (secondary N) is 10. The lowest BCUT2D eigenvalue weighted by Gasteiger charge is -2.27. The number of carbonyl (C=O) groups is 11. The predicted molar refractivity (Wildman–Crippen MR) is 223 cm³/mol. The van der Waals surface area contributed by atoms with Gasteiger partial charge in [-0.15, -0.1) is 0 Å². The number of aromatic nitrogens is 2. The average Bonchev–Trinajstić information content (AvgIpc) is 3.93. The molecular weight excluding hydrogens is 829 g/mol. The molecule has 1 aromatic rings. The molecule has 0 aromatic carbocycles. The number of rotatable bonds is 23. The zero-order chi connectivity index (χ0) is 47.7. The van der Waals surface area contributed by atoms with Crippen molar-refractivity contribution in [3.05, 3.63) is 18.2 Å². The van der Waals surface area contributed by atoms with E-state index >= 15 is 0 Å². The van der Waals surface area contributed by atoms with Crippen LogP contribution < -0.4 is 59.3 Å². The topological polar surface area (TPSA) is 380 Å². The largest absolute Gasteiger partial charge is 0.368 e. The van der Waals surface area contributed by atoms with E-state index in [0.29, 0.717) is 25.1 Å². The number of amides is 11. The predicted octanol–water partition coefficient (Wildman–Crippen LogP) is -5.84. The lowest BCUT2D eigenvalue weighted by atomic mass is 10.0. The van der Waals surface area contributed by atoms with Gasteiger partial charge in [-0.25, -0.2) is 4.98 Å². The molecule has 0 radical (unpaired) electrons. The van der Waals surface area contributed by atoms with Gasteiger partial charge in [-0.3, -0.25) is 52.7 Å². The Morgan fingerprint density at radius 1 is 0.651 bits per heavy atom. The Hall–Kier alpha value is -6.66. The van der Waals surface area contributed by atoms with Gasteiger partial charge in [0.25, 0.3) is 0 Å². The van der Waals surface area contributed by atoms with Crippen molar-refractivity contribution < 1.29 is 52.7 Å². The van der Waals surface area contributed by atoms with Crippen molar-refractivity contribution in [1.82, 2.24) is 62.7 Å². The van der Waals surface area contributed by atoms with E-state index in [1.807, 2.05) is 0 Å². The van der Waals surface area contributed by atoms with E-state index in [0.717, 1.165) is 0 Å². The third kappa shape index (κ3) is 17.0. The first-order chi connectivity index (χ1) is 29.4. The van der Waals surface area contributed by atoms with Crippen LogP contribution in [0.4, 0.5) is 0 Å². The first kappa shape index (κ1) is 52.5. The van der Waals surface area contributed by atoms with Crippen LogP contribution in [0.2, 0.25) is 0 Å². The number of H-pyrrole nitrogens is 1. The molecule has 25 heteroatoms. The van der Waals surface area contributed by atoms with Gasteiger partial charge in [-0.2, -0.15) is 0 Å². The monoisotopic (exact) mass is 890 g/mol. The lowest BCUT2D eigenvalue weighted by molar-refractivity contribution is -0.140. The van der Waals surface area contributed by atoms with E-state index in [1.54, 1.807) is 20.0 Å². The number of nitrogens with two attached hydrogens (primary N) is 2. The molecule has 0 aliphatic carbocycles. The molecule has 2 heterocycles. The minimum atomic E-state index is -1.19. The van der Waals surface area contributed by atoms with Crippen LogP contribution in [0.25, 0.3) is 0 Å². The molecule has 1 aliphatic heterocycles. The summed E-state index contributed by atoms with van der Waals surface area (Å²) in [6.45, 7) is 10.6. The fourth-order valence-corrected chi connectivity index (χ4v) is 6.03. The van der Waals surface area contributed by atoms with Crippen molar-refractivity contribution in [3.8, 4) is 0 Å². The Balaban J connectivity index is 1.72. The highest BCUT2D eigenvalue weighted by molar-refractivity contribution is 5.97. The molecule has 1 aliphatic rings. The van der Waals surface area contributed by atoms with Crippen molar-refractivity contribution in [1.29, 1.82) is 0 Å². The van der Waals surface area contributed by atoms with E-state index in [9.17, 15) is 52.7 Å². The maximum atomic E-state index is 13.0. The molecule has 1 fully saturated rings. The number of carbonyl (C=O) groups excluding carboxylic acids is 11. The average molecular weight is 891 g/mol. The Labute approximate surface area is 364 Å². The van der Waals surface area contributed by atoms with E-state index in [1.165, 1.54) is 52.8 Å². The molecule has 25 nitrogen and oxygen atoms in total. The minimum Gasteiger partial charge on any atom is -0.368 e. The molecule has 0 bridgehead atoms. The molecule has 0 spiro atoms. The molecule has 0 saturated carbocycles. The van der Waals surface area contributed by atoms with E-state index < -0.39 is 132 Å². The van der Waals surface area contributed by atoms with Crippen molar-refractivity contribution in [2.75, 3.05) is 19.6 Å². The number of likely N-dealkylation sites (tertiary alicyclic amines) is 1. The van der Waals surface area contributed by atoms with Gasteiger partial charge in [0.2, 0.25) is 65.0 Å². The summed E-state index contributed by atoms with van der Waals surface area (Å²) in [5.41, 5.74) is 12.0. The highest BCUT2D eigenvalue weighted by atomic mass is 16.2. The fourth-order valence-electron chi connectivity index (χ4n) is 6.03. The highest BCUT2D eigenvalue weighted by Crippen LogP contribution is 2.19. The third-order valence-electron chi connectivity index (χ3n) is 9.82. The van der Waals surface area contributed by atoms with Crippen LogP contribution in [0.5, 0.6) is 0 Å². The summed E-state index contributed by atoms with van der Waals surface area (Å²) in [6, 6.07) is -9.55. The van der Waals surface area contributed by atoms with Gasteiger partial charge >= 0.3 is 0 Å². The molecule has 0 unspecified atom stereocenters. The summed E-state index contributed by atoms with van der Waals surface area (Å²) in [5.74, 6) is -7.96. The molecule has 1 aromatic heterocycles. The molecule has 11 amide bonds. The fraction of sp³-hybridized carbons (Fsp3) is 0.632. The van der Waals surface area contributed by atoms with Crippen LogP contribution in [0.15, 0.2) is 12.5 Å². The van der Waals surface area contributed by atoms with E-state index in [4.69, 9.17) is 11.5 Å². The standard InChI is InChI=1S/C38H62N14O11/c1-17(2)29(30(40)55)51-36(61)21(6)46-28(54)15-42-31(56)18(3)47-34(59)22(7)49-35(60)23(8)48-33(58)20(5)45-27(53)14-43-32(57)19(4)50-37(62)26-10-9-11-52(26)38(63)25(39)12-24-13-41-16-44-24/h13,16-23,25-26,29H,9-12,14-15,39H2,1-8H3,(H2,40,55)(H,41,44)(H,42,56)(H,43,57)(H,45,53)(H,46,54)(H,47,59)(H,48,58)(H,49,60)(H,50,62)(H,51,61)/t18-,19-,20-,21-,22-,23-,25-,26-,29-/m0/s1. The maximum absolute atomic E-state index is 13.0. The van der Waals surface area contributed by atoms with E-state index in [-0.39, 0.29) is 12.3 Å². The maximum Gasteiger partial charge on any atom is 0.243 e. The summed E-state index contributed by atoms with van der Waals surface area (Å²) >= 11 is 0. The molecule has 9 atom stereocenters. The van der Waals surface area contributed by atoms with Crippen LogP contribution >= 0.6 is 0 Å². The second kappa shape index (κ2) is 24.7. The minimum absolute atomic E-state index is 0.200. The molecule has 63 heavy (non-hydrogen) atoms. The van der Waals surface area contributed by atoms with Gasteiger partial charge < -0.3 is 69.2 Å². The number of primary amides is 1. The number of nitrogens with zero attached hydrogens (tertiary/aromatic N) is 2. The van der Waals surface area contributed by atoms with Crippen LogP contribution in [0, 0.1) is 5.92 Å². The summed E-state index contributed by atoms with van der Waals surface area (Å²) in [7, 11) is 0. The van der Waals surface area contributed by atoms with Crippen LogP contribution in [0.3, 0.4) is 0 Å². The Morgan fingerprint density at radius 2 is 1.08 bits per heavy atom. The second-order valence-electron chi connectivity index (χ2n) is 15.6. The summed E-state index contributed by atoms with van der Waals surface area (Å²) in [5, 5.41) is 21.6. The Bertz CT molecular complexity index is 1840. The van der Waals surface area contributed by atoms with Crippen LogP contribution in [0.1, 0.15) is 73.9 Å². The first-order valence-electron chi connectivity index (χ1n) is 20.4. The van der Waals surface area contributed by atoms with Gasteiger partial charge in [0.05, 0.1) is 25.5 Å². The highest BCUT2D eigenvalue weighted by Gasteiger charge is 2.37. The van der Waals surface area contributed by atoms with Gasteiger partial charge in [0.1, 0.15) is 48.3 Å². The molecule has 2 rings (SSSR count). The smallest absolute Gasteiger partial charge is 0.243 e. The summed E-state index contributed by atoms with van der Waals surface area (Å²) < 4.78 is 0. The van der Waals surface area contributed by atoms with Crippen molar-refractivity contribution in [2.24, 2.45) is 17.4 Å². The zero-order valence-electron chi connectivity index (χ0n) is 36.7. The zero-order valence-corrected chi connectivity index (χ0v) is 36.7. The molecular formula is C38H62N14O11. The number of aromatic amines is 1. The lowest BCUT2D eigenvalue weighted by Crippen LogP contribution is -2.57. The van der Waals surface area contributed by atoms with Gasteiger partial charge in [-0.05, 0) is 60.3 Å². The van der Waals surface area contributed by atoms with Crippen molar-refractivity contribution in [2.45, 2.75) is 129 Å². The third-order valence-corrected chi connectivity index (χ3v) is 9.82. The van der Waals surface area contributed by atoms with Gasteiger partial charge in [0, 0.05) is 24.9 Å². The van der Waals surface area contributed by atoms with Crippen LogP contribution in [-0.4, -0.2) is 154 Å².